The number of hydrogen-bond donors (Lipinski definition) is 1. The van der Waals surface area contributed by atoms with E-state index in [4.69, 9.17) is 0 Å². The highest BCUT2D eigenvalue weighted by molar-refractivity contribution is 9.10. The maximum Gasteiger partial charge on any atom is 0.259 e. The van der Waals surface area contributed by atoms with E-state index >= 15 is 0 Å². The lowest BCUT2D eigenvalue weighted by Crippen LogP contribution is -2.11. The molecule has 0 saturated heterocycles. The van der Waals surface area contributed by atoms with Gasteiger partial charge in [0.25, 0.3) is 5.56 Å². The Morgan fingerprint density at radius 3 is 2.27 bits per heavy atom. The Labute approximate surface area is 180 Å². The number of nitriles is 1. The molecule has 0 amide bonds. The van der Waals surface area contributed by atoms with Crippen molar-refractivity contribution in [2.45, 2.75) is 0 Å². The fourth-order valence-electron chi connectivity index (χ4n) is 3.74. The number of hydrogen-bond acceptors (Lipinski definition) is 3. The predicted molar refractivity (Wildman–Crippen MR) is 125 cm³/mol. The quantitative estimate of drug-likeness (QED) is 0.262. The van der Waals surface area contributed by atoms with Crippen molar-refractivity contribution < 1.29 is 0 Å². The summed E-state index contributed by atoms with van der Waals surface area (Å²) in [5.41, 5.74) is 1.50. The van der Waals surface area contributed by atoms with Gasteiger partial charge in [-0.1, -0.05) is 64.5 Å². The normalized spacial score (nSPS) is 11.8. The lowest BCUT2D eigenvalue weighted by molar-refractivity contribution is 1.13. The topological polar surface area (TPSA) is 69.5 Å². The van der Waals surface area contributed by atoms with E-state index in [2.05, 4.69) is 50.2 Å². The first-order chi connectivity index (χ1) is 14.6. The van der Waals surface area contributed by atoms with E-state index in [-0.39, 0.29) is 11.4 Å². The average Bonchev–Trinajstić information content (AvgIpc) is 2.77. The molecule has 0 unspecified atom stereocenters. The predicted octanol–water partition coefficient (Wildman–Crippen LogP) is 6.06. The third kappa shape index (κ3) is 3.08. The van der Waals surface area contributed by atoms with Gasteiger partial charge in [0, 0.05) is 4.47 Å². The first-order valence-electron chi connectivity index (χ1n) is 9.36. The second-order valence-electron chi connectivity index (χ2n) is 6.98. The van der Waals surface area contributed by atoms with E-state index in [0.717, 1.165) is 31.6 Å². The summed E-state index contributed by atoms with van der Waals surface area (Å²) in [5, 5.41) is 14.6. The second kappa shape index (κ2) is 7.25. The Bertz CT molecular complexity index is 1540. The zero-order valence-electron chi connectivity index (χ0n) is 15.7. The van der Waals surface area contributed by atoms with Crippen molar-refractivity contribution in [2.24, 2.45) is 0 Å². The summed E-state index contributed by atoms with van der Waals surface area (Å²) in [6, 6.07) is 25.8. The fourth-order valence-corrected chi connectivity index (χ4v) is 4.10. The molecule has 0 aliphatic carbocycles. The van der Waals surface area contributed by atoms with Crippen molar-refractivity contribution in [3.8, 4) is 6.07 Å². The smallest absolute Gasteiger partial charge is 0.259 e. The molecular formula is C25H14BrN3O. The zero-order chi connectivity index (χ0) is 20.7. The van der Waals surface area contributed by atoms with Crippen LogP contribution in [0.4, 0.5) is 0 Å². The Morgan fingerprint density at radius 2 is 1.60 bits per heavy atom. The van der Waals surface area contributed by atoms with Crippen molar-refractivity contribution in [3.63, 3.8) is 0 Å². The molecule has 0 aliphatic rings. The largest absolute Gasteiger partial charge is 0.305 e. The first-order valence-corrected chi connectivity index (χ1v) is 10.2. The number of benzene rings is 4. The fraction of sp³-hybridized carbons (Fsp3) is 0. The maximum atomic E-state index is 12.6. The molecule has 5 aromatic rings. The first kappa shape index (κ1) is 18.3. The molecule has 0 saturated carbocycles. The van der Waals surface area contributed by atoms with Crippen LogP contribution >= 0.6 is 15.9 Å². The lowest BCUT2D eigenvalue weighted by atomic mass is 9.95. The Hall–Kier alpha value is -3.75. The van der Waals surface area contributed by atoms with E-state index in [1.807, 2.05) is 48.5 Å². The highest BCUT2D eigenvalue weighted by Gasteiger charge is 2.12. The summed E-state index contributed by atoms with van der Waals surface area (Å²) in [5.74, 6) is 0.259. The van der Waals surface area contributed by atoms with Gasteiger partial charge < -0.3 is 4.98 Å². The standard InChI is InChI=1S/C25H14BrN3O/c26-18-9-10-23-22(13-18)25(30)29-24(28-23)17(14-27)12-21-19-7-3-1-5-15(19)11-16-6-2-4-8-20(16)21/h1-13H,(H,28,29,30)/b17-12+. The number of H-pyrrole nitrogens is 1. The van der Waals surface area contributed by atoms with Crippen molar-refractivity contribution in [1.29, 1.82) is 5.26 Å². The summed E-state index contributed by atoms with van der Waals surface area (Å²) >= 11 is 3.37. The lowest BCUT2D eigenvalue weighted by Gasteiger charge is -2.09. The maximum absolute atomic E-state index is 12.6. The number of nitrogens with zero attached hydrogens (tertiary/aromatic N) is 2. The minimum atomic E-state index is -0.278. The molecule has 0 radical (unpaired) electrons. The molecule has 142 valence electrons. The highest BCUT2D eigenvalue weighted by atomic mass is 79.9. The van der Waals surface area contributed by atoms with Gasteiger partial charge in [0.15, 0.2) is 5.82 Å². The van der Waals surface area contributed by atoms with Crippen molar-refractivity contribution >= 4 is 60.0 Å². The molecule has 1 aromatic heterocycles. The van der Waals surface area contributed by atoms with Crippen molar-refractivity contribution in [2.75, 3.05) is 0 Å². The van der Waals surface area contributed by atoms with Crippen LogP contribution in [0, 0.1) is 11.3 Å². The van der Waals surface area contributed by atoms with Gasteiger partial charge in [-0.2, -0.15) is 5.26 Å². The average molecular weight is 452 g/mol. The number of aromatic amines is 1. The van der Waals surface area contributed by atoms with Gasteiger partial charge in [0.1, 0.15) is 6.07 Å². The molecule has 1 heterocycles. The minimum absolute atomic E-state index is 0.259. The van der Waals surface area contributed by atoms with Gasteiger partial charge >= 0.3 is 0 Å². The van der Waals surface area contributed by atoms with E-state index in [0.29, 0.717) is 16.5 Å². The minimum Gasteiger partial charge on any atom is -0.305 e. The molecule has 0 bridgehead atoms. The molecule has 4 nitrogen and oxygen atoms in total. The van der Waals surface area contributed by atoms with Crippen LogP contribution in [-0.4, -0.2) is 9.97 Å². The van der Waals surface area contributed by atoms with Crippen LogP contribution < -0.4 is 5.56 Å². The van der Waals surface area contributed by atoms with Gasteiger partial charge in [-0.25, -0.2) is 4.98 Å². The Morgan fingerprint density at radius 1 is 0.933 bits per heavy atom. The number of halogens is 1. The number of nitrogens with one attached hydrogen (secondary N) is 1. The molecular weight excluding hydrogens is 438 g/mol. The van der Waals surface area contributed by atoms with E-state index in [1.54, 1.807) is 12.1 Å². The summed E-state index contributed by atoms with van der Waals surface area (Å²) in [4.78, 5) is 19.9. The number of fused-ring (bicyclic) bond motifs is 3. The van der Waals surface area contributed by atoms with E-state index in [1.165, 1.54) is 0 Å². The van der Waals surface area contributed by atoms with Crippen LogP contribution in [0.2, 0.25) is 0 Å². The van der Waals surface area contributed by atoms with Gasteiger partial charge in [-0.15, -0.1) is 0 Å². The molecule has 0 spiro atoms. The van der Waals surface area contributed by atoms with E-state index in [9.17, 15) is 10.1 Å². The molecule has 1 N–H and O–H groups in total. The van der Waals surface area contributed by atoms with Crippen LogP contribution in [-0.2, 0) is 0 Å². The summed E-state index contributed by atoms with van der Waals surface area (Å²) in [7, 11) is 0. The third-order valence-corrected chi connectivity index (χ3v) is 5.64. The van der Waals surface area contributed by atoms with Crippen LogP contribution in [0.3, 0.4) is 0 Å². The number of aromatic nitrogens is 2. The monoisotopic (exact) mass is 451 g/mol. The van der Waals surface area contributed by atoms with Crippen LogP contribution in [0.25, 0.3) is 44.1 Å². The van der Waals surface area contributed by atoms with Gasteiger partial charge in [0.05, 0.1) is 16.5 Å². The SMILES string of the molecule is N#C/C(=C\c1c2ccccc2cc2ccccc12)c1nc2ccc(Br)cc2c(=O)[nH]1. The zero-order valence-corrected chi connectivity index (χ0v) is 17.3. The third-order valence-electron chi connectivity index (χ3n) is 5.14. The molecule has 0 atom stereocenters. The number of allylic oxidation sites excluding steroid dienone is 1. The summed E-state index contributed by atoms with van der Waals surface area (Å²) in [6.45, 7) is 0. The van der Waals surface area contributed by atoms with Crippen LogP contribution in [0.15, 0.2) is 82.1 Å². The van der Waals surface area contributed by atoms with Gasteiger partial charge in [-0.3, -0.25) is 4.79 Å². The Balaban J connectivity index is 1.80. The van der Waals surface area contributed by atoms with E-state index < -0.39 is 0 Å². The molecule has 0 aliphatic heterocycles. The summed E-state index contributed by atoms with van der Waals surface area (Å²) in [6.07, 6.45) is 1.81. The van der Waals surface area contributed by atoms with Crippen LogP contribution in [0.1, 0.15) is 11.4 Å². The van der Waals surface area contributed by atoms with Crippen molar-refractivity contribution in [3.05, 3.63) is 99.0 Å². The molecule has 4 aromatic carbocycles. The molecule has 5 rings (SSSR count). The molecule has 0 fully saturated rings. The number of rotatable bonds is 2. The Kier molecular flexibility index (Phi) is 4.42. The molecule has 30 heavy (non-hydrogen) atoms. The van der Waals surface area contributed by atoms with Gasteiger partial charge in [-0.05, 0) is 57.4 Å². The summed E-state index contributed by atoms with van der Waals surface area (Å²) < 4.78 is 0.799. The van der Waals surface area contributed by atoms with Gasteiger partial charge in [0.2, 0.25) is 0 Å². The molecule has 5 heteroatoms. The second-order valence-corrected chi connectivity index (χ2v) is 7.89. The van der Waals surface area contributed by atoms with Crippen LogP contribution in [0.5, 0.6) is 0 Å². The highest BCUT2D eigenvalue weighted by Crippen LogP contribution is 2.31. The van der Waals surface area contributed by atoms with Crippen molar-refractivity contribution in [1.82, 2.24) is 9.97 Å².